The van der Waals surface area contributed by atoms with E-state index in [-0.39, 0.29) is 6.09 Å². The van der Waals surface area contributed by atoms with Crippen LogP contribution in [0.5, 0.6) is 0 Å². The molecule has 1 aliphatic rings. The van der Waals surface area contributed by atoms with Crippen molar-refractivity contribution in [2.24, 2.45) is 5.92 Å². The fraction of sp³-hybridized carbons (Fsp3) is 0.900. The molecule has 1 rings (SSSR count). The molecule has 14 heavy (non-hydrogen) atoms. The quantitative estimate of drug-likeness (QED) is 0.715. The highest BCUT2D eigenvalue weighted by Crippen LogP contribution is 2.12. The lowest BCUT2D eigenvalue weighted by atomic mass is 9.96. The van der Waals surface area contributed by atoms with Crippen molar-refractivity contribution >= 4 is 6.09 Å². The van der Waals surface area contributed by atoms with Crippen LogP contribution in [0.25, 0.3) is 0 Å². The second-order valence-electron chi connectivity index (χ2n) is 3.65. The Labute approximate surface area is 85.4 Å². The van der Waals surface area contributed by atoms with Gasteiger partial charge in [-0.2, -0.15) is 0 Å². The first-order valence-corrected chi connectivity index (χ1v) is 5.44. The molecule has 0 aromatic carbocycles. The lowest BCUT2D eigenvalue weighted by Crippen LogP contribution is -2.33. The Morgan fingerprint density at radius 2 is 2.50 bits per heavy atom. The molecule has 1 fully saturated rings. The van der Waals surface area contributed by atoms with Gasteiger partial charge in [0.05, 0.1) is 6.61 Å². The van der Waals surface area contributed by atoms with Crippen LogP contribution in [0.2, 0.25) is 0 Å². The number of alkyl carbamates (subject to hydrolysis) is 1. The van der Waals surface area contributed by atoms with Gasteiger partial charge in [-0.05, 0) is 45.2 Å². The van der Waals surface area contributed by atoms with E-state index in [1.54, 1.807) is 0 Å². The average Bonchev–Trinajstić information content (AvgIpc) is 2.20. The summed E-state index contributed by atoms with van der Waals surface area (Å²) in [6, 6.07) is 0. The number of carbonyl (C=O) groups is 1. The number of ether oxygens (including phenoxy) is 1. The van der Waals surface area contributed by atoms with Crippen molar-refractivity contribution in [3.63, 3.8) is 0 Å². The molecule has 4 nitrogen and oxygen atoms in total. The SMILES string of the molecule is CCOC(=O)NCCC1CCCNC1. The van der Waals surface area contributed by atoms with E-state index in [1.807, 2.05) is 6.92 Å². The number of carbonyl (C=O) groups excluding carboxylic acids is 1. The molecule has 0 bridgehead atoms. The van der Waals surface area contributed by atoms with Gasteiger partial charge >= 0.3 is 6.09 Å². The Kier molecular flexibility index (Phi) is 5.37. The van der Waals surface area contributed by atoms with E-state index in [0.29, 0.717) is 12.5 Å². The number of nitrogens with one attached hydrogen (secondary N) is 2. The molecule has 1 unspecified atom stereocenters. The van der Waals surface area contributed by atoms with Crippen LogP contribution in [-0.2, 0) is 4.74 Å². The van der Waals surface area contributed by atoms with Crippen LogP contribution < -0.4 is 10.6 Å². The minimum atomic E-state index is -0.295. The first-order chi connectivity index (χ1) is 6.83. The van der Waals surface area contributed by atoms with Gasteiger partial charge in [-0.25, -0.2) is 4.79 Å². The maximum atomic E-state index is 10.9. The van der Waals surface area contributed by atoms with Crippen LogP contribution in [0.1, 0.15) is 26.2 Å². The molecule has 82 valence electrons. The van der Waals surface area contributed by atoms with Gasteiger partial charge in [0.15, 0.2) is 0 Å². The number of hydrogen-bond acceptors (Lipinski definition) is 3. The third-order valence-electron chi connectivity index (χ3n) is 2.50. The highest BCUT2D eigenvalue weighted by molar-refractivity contribution is 5.66. The molecule has 0 aromatic rings. The molecule has 2 N–H and O–H groups in total. The van der Waals surface area contributed by atoms with Crippen molar-refractivity contribution in [3.8, 4) is 0 Å². The van der Waals surface area contributed by atoms with E-state index < -0.39 is 0 Å². The number of amides is 1. The molecule has 1 aliphatic heterocycles. The molecule has 0 aliphatic carbocycles. The van der Waals surface area contributed by atoms with E-state index in [4.69, 9.17) is 4.74 Å². The van der Waals surface area contributed by atoms with Gasteiger partial charge in [0, 0.05) is 6.54 Å². The van der Waals surface area contributed by atoms with E-state index in [1.165, 1.54) is 12.8 Å². The van der Waals surface area contributed by atoms with E-state index in [9.17, 15) is 4.79 Å². The van der Waals surface area contributed by atoms with Crippen molar-refractivity contribution in [3.05, 3.63) is 0 Å². The fourth-order valence-electron chi connectivity index (χ4n) is 1.73. The van der Waals surface area contributed by atoms with Gasteiger partial charge in [0.1, 0.15) is 0 Å². The first kappa shape index (κ1) is 11.3. The van der Waals surface area contributed by atoms with Gasteiger partial charge in [0.2, 0.25) is 0 Å². The van der Waals surface area contributed by atoms with Crippen molar-refractivity contribution < 1.29 is 9.53 Å². The van der Waals surface area contributed by atoms with E-state index in [0.717, 1.165) is 26.1 Å². The topological polar surface area (TPSA) is 50.4 Å². The van der Waals surface area contributed by atoms with Crippen molar-refractivity contribution in [1.82, 2.24) is 10.6 Å². The van der Waals surface area contributed by atoms with Gasteiger partial charge in [0.25, 0.3) is 0 Å². The van der Waals surface area contributed by atoms with Crippen LogP contribution in [0.3, 0.4) is 0 Å². The summed E-state index contributed by atoms with van der Waals surface area (Å²) in [6.45, 7) is 5.21. The highest BCUT2D eigenvalue weighted by atomic mass is 16.5. The summed E-state index contributed by atoms with van der Waals surface area (Å²) < 4.78 is 4.77. The molecular formula is C10H20N2O2. The molecule has 4 heteroatoms. The summed E-state index contributed by atoms with van der Waals surface area (Å²) in [5, 5.41) is 6.10. The Morgan fingerprint density at radius 1 is 1.64 bits per heavy atom. The Bertz CT molecular complexity index is 168. The first-order valence-electron chi connectivity index (χ1n) is 5.44. The standard InChI is InChI=1S/C10H20N2O2/c1-2-14-10(13)12-7-5-9-4-3-6-11-8-9/h9,11H,2-8H2,1H3,(H,12,13). The third-order valence-corrected chi connectivity index (χ3v) is 2.50. The van der Waals surface area contributed by atoms with Crippen molar-refractivity contribution in [2.45, 2.75) is 26.2 Å². The largest absolute Gasteiger partial charge is 0.450 e. The number of piperidine rings is 1. The predicted molar refractivity (Wildman–Crippen MR) is 55.2 cm³/mol. The number of hydrogen-bond donors (Lipinski definition) is 2. The zero-order chi connectivity index (χ0) is 10.2. The smallest absolute Gasteiger partial charge is 0.407 e. The summed E-state index contributed by atoms with van der Waals surface area (Å²) in [7, 11) is 0. The maximum Gasteiger partial charge on any atom is 0.407 e. The second kappa shape index (κ2) is 6.65. The minimum absolute atomic E-state index is 0.295. The Hall–Kier alpha value is -0.770. The zero-order valence-corrected chi connectivity index (χ0v) is 8.84. The second-order valence-corrected chi connectivity index (χ2v) is 3.65. The maximum absolute atomic E-state index is 10.9. The fourth-order valence-corrected chi connectivity index (χ4v) is 1.73. The van der Waals surface area contributed by atoms with Gasteiger partial charge < -0.3 is 15.4 Å². The van der Waals surface area contributed by atoms with E-state index in [2.05, 4.69) is 10.6 Å². The van der Waals surface area contributed by atoms with Crippen molar-refractivity contribution in [2.75, 3.05) is 26.2 Å². The van der Waals surface area contributed by atoms with Crippen LogP contribution >= 0.6 is 0 Å². The predicted octanol–water partition coefficient (Wildman–Crippen LogP) is 1.12. The van der Waals surface area contributed by atoms with Crippen LogP contribution in [-0.4, -0.2) is 32.3 Å². The van der Waals surface area contributed by atoms with Crippen LogP contribution in [0.4, 0.5) is 4.79 Å². The summed E-state index contributed by atoms with van der Waals surface area (Å²) >= 11 is 0. The van der Waals surface area contributed by atoms with Crippen LogP contribution in [0.15, 0.2) is 0 Å². The van der Waals surface area contributed by atoms with Gasteiger partial charge in [-0.15, -0.1) is 0 Å². The molecule has 0 spiro atoms. The van der Waals surface area contributed by atoms with Gasteiger partial charge in [-0.3, -0.25) is 0 Å². The summed E-state index contributed by atoms with van der Waals surface area (Å²) in [5.74, 6) is 0.714. The average molecular weight is 200 g/mol. The molecule has 0 radical (unpaired) electrons. The molecule has 1 amide bonds. The van der Waals surface area contributed by atoms with E-state index >= 15 is 0 Å². The van der Waals surface area contributed by atoms with Crippen molar-refractivity contribution in [1.29, 1.82) is 0 Å². The third kappa shape index (κ3) is 4.46. The minimum Gasteiger partial charge on any atom is -0.450 e. The molecule has 1 heterocycles. The normalized spacial score (nSPS) is 21.6. The zero-order valence-electron chi connectivity index (χ0n) is 8.84. The molecule has 1 atom stereocenters. The monoisotopic (exact) mass is 200 g/mol. The number of rotatable bonds is 4. The lowest BCUT2D eigenvalue weighted by Gasteiger charge is -2.22. The summed E-state index contributed by atoms with van der Waals surface area (Å²) in [6.07, 6.45) is 3.28. The van der Waals surface area contributed by atoms with Gasteiger partial charge in [-0.1, -0.05) is 0 Å². The van der Waals surface area contributed by atoms with Crippen LogP contribution in [0, 0.1) is 5.92 Å². The summed E-state index contributed by atoms with van der Waals surface area (Å²) in [4.78, 5) is 10.9. The Morgan fingerprint density at radius 3 is 3.14 bits per heavy atom. The highest BCUT2D eigenvalue weighted by Gasteiger charge is 2.12. The molecule has 0 saturated carbocycles. The summed E-state index contributed by atoms with van der Waals surface area (Å²) in [5.41, 5.74) is 0. The molecular weight excluding hydrogens is 180 g/mol. The lowest BCUT2D eigenvalue weighted by molar-refractivity contribution is 0.151. The Balaban J connectivity index is 1.99. The molecule has 0 aromatic heterocycles. The molecule has 1 saturated heterocycles.